The third-order valence-corrected chi connectivity index (χ3v) is 5.60. The van der Waals surface area contributed by atoms with Crippen LogP contribution in [0.4, 0.5) is 0 Å². The van der Waals surface area contributed by atoms with Gasteiger partial charge in [0.25, 0.3) is 5.56 Å². The second kappa shape index (κ2) is 8.30. The number of aromatic nitrogens is 1. The molecule has 1 aromatic heterocycles. The normalized spacial score (nSPS) is 14.6. The maximum atomic E-state index is 13.5. The number of methoxy groups -OCH3 is 3. The maximum Gasteiger partial charge on any atom is 0.343 e. The van der Waals surface area contributed by atoms with Crippen LogP contribution in [0.1, 0.15) is 38.8 Å². The zero-order valence-electron chi connectivity index (χ0n) is 18.2. The molecular weight excluding hydrogens is 414 g/mol. The Morgan fingerprint density at radius 3 is 2.41 bits per heavy atom. The van der Waals surface area contributed by atoms with Crippen LogP contribution >= 0.6 is 0 Å². The lowest BCUT2D eigenvalue weighted by molar-refractivity contribution is 0.0448. The Labute approximate surface area is 184 Å². The first-order chi connectivity index (χ1) is 15.4. The van der Waals surface area contributed by atoms with Crippen LogP contribution in [-0.4, -0.2) is 37.0 Å². The largest absolute Gasteiger partial charge is 0.507 e. The van der Waals surface area contributed by atoms with Gasteiger partial charge in [0.05, 0.1) is 27.9 Å². The molecule has 0 aliphatic carbocycles. The Balaban J connectivity index is 1.86. The number of benzene rings is 2. The highest BCUT2D eigenvalue weighted by molar-refractivity contribution is 5.98. The van der Waals surface area contributed by atoms with Crippen LogP contribution in [0.15, 0.2) is 47.3 Å². The molecule has 0 spiro atoms. The molecule has 1 atom stereocenters. The number of cyclic esters (lactones) is 1. The number of fused-ring (bicyclic) bond motifs is 1. The lowest BCUT2D eigenvalue weighted by Gasteiger charge is -2.18. The number of nitrogens with zero attached hydrogens (tertiary/aromatic N) is 1. The molecule has 8 nitrogen and oxygen atoms in total. The van der Waals surface area contributed by atoms with Crippen molar-refractivity contribution in [2.24, 2.45) is 0 Å². The summed E-state index contributed by atoms with van der Waals surface area (Å²) < 4.78 is 23.1. The van der Waals surface area contributed by atoms with Crippen LogP contribution < -0.4 is 19.8 Å². The fourth-order valence-corrected chi connectivity index (χ4v) is 4.03. The van der Waals surface area contributed by atoms with Gasteiger partial charge in [-0.25, -0.2) is 4.79 Å². The monoisotopic (exact) mass is 437 g/mol. The molecule has 0 saturated carbocycles. The number of pyridine rings is 1. The number of ether oxygens (including phenoxy) is 4. The quantitative estimate of drug-likeness (QED) is 0.592. The van der Waals surface area contributed by atoms with E-state index >= 15 is 0 Å². The van der Waals surface area contributed by atoms with E-state index in [2.05, 4.69) is 0 Å². The number of rotatable bonds is 6. The number of hydrogen-bond acceptors (Lipinski definition) is 7. The van der Waals surface area contributed by atoms with E-state index in [4.69, 9.17) is 18.9 Å². The average Bonchev–Trinajstić information content (AvgIpc) is 3.12. The first kappa shape index (κ1) is 21.3. The fourth-order valence-electron chi connectivity index (χ4n) is 4.03. The molecule has 1 N–H and O–H groups in total. The summed E-state index contributed by atoms with van der Waals surface area (Å²) in [5, 5.41) is 10.7. The summed E-state index contributed by atoms with van der Waals surface area (Å²) in [4.78, 5) is 26.2. The summed E-state index contributed by atoms with van der Waals surface area (Å²) in [6.07, 6.45) is -1.07. The summed E-state index contributed by atoms with van der Waals surface area (Å²) >= 11 is 0. The minimum atomic E-state index is -1.07. The molecule has 0 bridgehead atoms. The molecule has 2 heterocycles. The van der Waals surface area contributed by atoms with Crippen LogP contribution in [0.5, 0.6) is 23.0 Å². The lowest BCUT2D eigenvalue weighted by atomic mass is 9.98. The van der Waals surface area contributed by atoms with E-state index in [0.29, 0.717) is 22.8 Å². The standard InChI is InChI=1S/C24H23NO7/c1-13-11-16(26)20(23(27)25(13)12-14-7-5-6-8-17(14)29-2)21-15-9-10-18(30-3)22(31-4)19(15)24(28)32-21/h5-11,21,26H,12H2,1-4H3/t21-/m1/s1. The molecule has 1 aliphatic heterocycles. The predicted molar refractivity (Wildman–Crippen MR) is 116 cm³/mol. The van der Waals surface area contributed by atoms with E-state index in [-0.39, 0.29) is 29.2 Å². The molecule has 8 heteroatoms. The average molecular weight is 437 g/mol. The number of aryl methyl sites for hydroxylation is 1. The molecule has 1 aliphatic rings. The Hall–Kier alpha value is -3.94. The van der Waals surface area contributed by atoms with Crippen molar-refractivity contribution in [2.45, 2.75) is 19.6 Å². The second-order valence-corrected chi connectivity index (χ2v) is 7.34. The van der Waals surface area contributed by atoms with Gasteiger partial charge in [0.15, 0.2) is 17.6 Å². The molecule has 32 heavy (non-hydrogen) atoms. The molecule has 0 saturated heterocycles. The summed E-state index contributed by atoms with van der Waals surface area (Å²) in [5.74, 6) is 0.326. The Morgan fingerprint density at radius 2 is 1.72 bits per heavy atom. The first-order valence-electron chi connectivity index (χ1n) is 9.92. The van der Waals surface area contributed by atoms with Gasteiger partial charge in [0.1, 0.15) is 22.6 Å². The highest BCUT2D eigenvalue weighted by Crippen LogP contribution is 2.45. The van der Waals surface area contributed by atoms with Gasteiger partial charge >= 0.3 is 5.97 Å². The zero-order chi connectivity index (χ0) is 23.0. The van der Waals surface area contributed by atoms with E-state index in [0.717, 1.165) is 5.56 Å². The fraction of sp³-hybridized carbons (Fsp3) is 0.250. The van der Waals surface area contributed by atoms with Crippen molar-refractivity contribution in [3.05, 3.63) is 80.8 Å². The predicted octanol–water partition coefficient (Wildman–Crippen LogP) is 3.20. The summed E-state index contributed by atoms with van der Waals surface area (Å²) in [7, 11) is 4.44. The van der Waals surface area contributed by atoms with E-state index < -0.39 is 17.6 Å². The van der Waals surface area contributed by atoms with E-state index in [1.54, 1.807) is 26.2 Å². The molecule has 0 fully saturated rings. The van der Waals surface area contributed by atoms with Crippen LogP contribution in [-0.2, 0) is 11.3 Å². The maximum absolute atomic E-state index is 13.5. The van der Waals surface area contributed by atoms with Crippen LogP contribution in [0.25, 0.3) is 0 Å². The molecule has 0 amide bonds. The molecule has 0 radical (unpaired) electrons. The number of esters is 1. The number of aromatic hydroxyl groups is 1. The van der Waals surface area contributed by atoms with Crippen molar-refractivity contribution in [1.29, 1.82) is 0 Å². The van der Waals surface area contributed by atoms with Crippen molar-refractivity contribution in [3.63, 3.8) is 0 Å². The topological polar surface area (TPSA) is 96.2 Å². The van der Waals surface area contributed by atoms with Crippen LogP contribution in [0.3, 0.4) is 0 Å². The van der Waals surface area contributed by atoms with Gasteiger partial charge < -0.3 is 28.6 Å². The van der Waals surface area contributed by atoms with Crippen LogP contribution in [0, 0.1) is 6.92 Å². The molecule has 4 rings (SSSR count). The van der Waals surface area contributed by atoms with Gasteiger partial charge in [-0.1, -0.05) is 24.3 Å². The Kier molecular flexibility index (Phi) is 5.52. The zero-order valence-corrected chi connectivity index (χ0v) is 18.2. The second-order valence-electron chi connectivity index (χ2n) is 7.34. The van der Waals surface area contributed by atoms with Gasteiger partial charge in [0, 0.05) is 16.8 Å². The first-order valence-corrected chi connectivity index (χ1v) is 9.92. The molecule has 2 aromatic carbocycles. The summed E-state index contributed by atoms with van der Waals surface area (Å²) in [6, 6.07) is 12.1. The van der Waals surface area contributed by atoms with E-state index in [9.17, 15) is 14.7 Å². The molecule has 0 unspecified atom stereocenters. The van der Waals surface area contributed by atoms with E-state index in [1.807, 2.05) is 24.3 Å². The smallest absolute Gasteiger partial charge is 0.343 e. The van der Waals surface area contributed by atoms with Crippen LogP contribution in [0.2, 0.25) is 0 Å². The Bertz CT molecular complexity index is 1260. The minimum absolute atomic E-state index is 0.0233. The third kappa shape index (κ3) is 3.33. The number of carbonyl (C=O) groups excluding carboxylic acids is 1. The van der Waals surface area contributed by atoms with E-state index in [1.165, 1.54) is 24.9 Å². The lowest BCUT2D eigenvalue weighted by Crippen LogP contribution is -2.28. The SMILES string of the molecule is COc1ccccc1Cn1c(C)cc(O)c([C@@H]2OC(=O)c3c2ccc(OC)c3OC)c1=O. The van der Waals surface area contributed by atoms with Gasteiger partial charge in [-0.05, 0) is 25.1 Å². The Morgan fingerprint density at radius 1 is 1.00 bits per heavy atom. The van der Waals surface area contributed by atoms with Gasteiger partial charge in [-0.15, -0.1) is 0 Å². The minimum Gasteiger partial charge on any atom is -0.507 e. The summed E-state index contributed by atoms with van der Waals surface area (Å²) in [6.45, 7) is 1.95. The summed E-state index contributed by atoms with van der Waals surface area (Å²) in [5.41, 5.74) is 1.46. The van der Waals surface area contributed by atoms with Gasteiger partial charge in [0.2, 0.25) is 0 Å². The van der Waals surface area contributed by atoms with Crippen molar-refractivity contribution in [2.75, 3.05) is 21.3 Å². The van der Waals surface area contributed by atoms with Crippen molar-refractivity contribution >= 4 is 5.97 Å². The van der Waals surface area contributed by atoms with Gasteiger partial charge in [-0.3, -0.25) is 4.79 Å². The number of carbonyl (C=O) groups is 1. The van der Waals surface area contributed by atoms with Gasteiger partial charge in [-0.2, -0.15) is 0 Å². The number of hydrogen-bond donors (Lipinski definition) is 1. The highest BCUT2D eigenvalue weighted by Gasteiger charge is 2.39. The number of para-hydroxylation sites is 1. The van der Waals surface area contributed by atoms with Crippen molar-refractivity contribution in [3.8, 4) is 23.0 Å². The molecule has 3 aromatic rings. The van der Waals surface area contributed by atoms with Crippen molar-refractivity contribution < 1.29 is 28.8 Å². The molecular formula is C24H23NO7. The highest BCUT2D eigenvalue weighted by atomic mass is 16.6. The molecule has 166 valence electrons. The van der Waals surface area contributed by atoms with Crippen molar-refractivity contribution in [1.82, 2.24) is 4.57 Å². The third-order valence-electron chi connectivity index (χ3n) is 5.60.